The Labute approximate surface area is 116 Å². The van der Waals surface area contributed by atoms with Gasteiger partial charge in [0.25, 0.3) is 5.91 Å². The van der Waals surface area contributed by atoms with E-state index in [1.807, 2.05) is 0 Å². The summed E-state index contributed by atoms with van der Waals surface area (Å²) < 4.78 is 5.28. The molecular weight excluding hydrogens is 258 g/mol. The summed E-state index contributed by atoms with van der Waals surface area (Å²) in [7, 11) is 0. The maximum Gasteiger partial charge on any atom is 0.262 e. The van der Waals surface area contributed by atoms with Crippen LogP contribution < -0.4 is 20.7 Å². The zero-order chi connectivity index (χ0) is 13.9. The lowest BCUT2D eigenvalue weighted by atomic mass is 9.97. The SMILES string of the molecule is O=C1COc2ccc(NC(=O)C3CCNCC3)cc2N1. The molecule has 0 bridgehead atoms. The molecular formula is C14H17N3O3. The average molecular weight is 275 g/mol. The van der Waals surface area contributed by atoms with Crippen molar-refractivity contribution in [1.29, 1.82) is 0 Å². The summed E-state index contributed by atoms with van der Waals surface area (Å²) in [5.74, 6) is 0.538. The third-order valence-corrected chi connectivity index (χ3v) is 3.59. The van der Waals surface area contributed by atoms with Gasteiger partial charge in [-0.05, 0) is 44.1 Å². The molecule has 0 atom stereocenters. The molecule has 2 heterocycles. The number of piperidine rings is 1. The van der Waals surface area contributed by atoms with Crippen LogP contribution in [0.1, 0.15) is 12.8 Å². The smallest absolute Gasteiger partial charge is 0.262 e. The molecule has 3 rings (SSSR count). The van der Waals surface area contributed by atoms with Crippen LogP contribution in [0.5, 0.6) is 5.75 Å². The molecule has 0 aliphatic carbocycles. The van der Waals surface area contributed by atoms with Gasteiger partial charge in [0.1, 0.15) is 5.75 Å². The van der Waals surface area contributed by atoms with E-state index >= 15 is 0 Å². The predicted molar refractivity (Wildman–Crippen MR) is 74.8 cm³/mol. The van der Waals surface area contributed by atoms with Crippen LogP contribution in [0.15, 0.2) is 18.2 Å². The Hall–Kier alpha value is -2.08. The first-order valence-electron chi connectivity index (χ1n) is 6.80. The maximum atomic E-state index is 12.1. The summed E-state index contributed by atoms with van der Waals surface area (Å²) in [6.45, 7) is 1.80. The van der Waals surface area contributed by atoms with Crippen LogP contribution in [0.2, 0.25) is 0 Å². The highest BCUT2D eigenvalue weighted by Crippen LogP contribution is 2.30. The second-order valence-corrected chi connectivity index (χ2v) is 5.06. The molecule has 2 aliphatic heterocycles. The number of carbonyl (C=O) groups is 2. The Balaban J connectivity index is 1.69. The molecule has 20 heavy (non-hydrogen) atoms. The van der Waals surface area contributed by atoms with E-state index in [1.54, 1.807) is 18.2 Å². The fraction of sp³-hybridized carbons (Fsp3) is 0.429. The number of benzene rings is 1. The molecule has 6 nitrogen and oxygen atoms in total. The summed E-state index contributed by atoms with van der Waals surface area (Å²) in [5.41, 5.74) is 1.28. The van der Waals surface area contributed by atoms with Crippen LogP contribution in [-0.2, 0) is 9.59 Å². The molecule has 6 heteroatoms. The highest BCUT2D eigenvalue weighted by Gasteiger charge is 2.22. The van der Waals surface area contributed by atoms with Gasteiger partial charge in [-0.1, -0.05) is 0 Å². The predicted octanol–water partition coefficient (Wildman–Crippen LogP) is 0.956. The molecule has 1 aromatic carbocycles. The Morgan fingerprint density at radius 3 is 2.90 bits per heavy atom. The van der Waals surface area contributed by atoms with Crippen molar-refractivity contribution in [2.75, 3.05) is 30.3 Å². The molecule has 0 aromatic heterocycles. The van der Waals surface area contributed by atoms with E-state index in [1.165, 1.54) is 0 Å². The number of hydrogen-bond donors (Lipinski definition) is 3. The van der Waals surface area contributed by atoms with Crippen LogP contribution in [0.25, 0.3) is 0 Å². The summed E-state index contributed by atoms with van der Waals surface area (Å²) in [4.78, 5) is 23.4. The Morgan fingerprint density at radius 1 is 1.30 bits per heavy atom. The Bertz CT molecular complexity index is 538. The summed E-state index contributed by atoms with van der Waals surface area (Å²) in [6.07, 6.45) is 1.72. The van der Waals surface area contributed by atoms with Crippen molar-refractivity contribution in [3.05, 3.63) is 18.2 Å². The van der Waals surface area contributed by atoms with E-state index in [9.17, 15) is 9.59 Å². The minimum Gasteiger partial charge on any atom is -0.482 e. The molecule has 2 aliphatic rings. The lowest BCUT2D eigenvalue weighted by Crippen LogP contribution is -2.34. The number of amides is 2. The molecule has 1 saturated heterocycles. The van der Waals surface area contributed by atoms with E-state index in [2.05, 4.69) is 16.0 Å². The van der Waals surface area contributed by atoms with E-state index in [0.29, 0.717) is 17.1 Å². The summed E-state index contributed by atoms with van der Waals surface area (Å²) in [6, 6.07) is 5.27. The molecule has 0 unspecified atom stereocenters. The van der Waals surface area contributed by atoms with Crippen molar-refractivity contribution in [3.8, 4) is 5.75 Å². The molecule has 3 N–H and O–H groups in total. The fourth-order valence-electron chi connectivity index (χ4n) is 2.49. The zero-order valence-electron chi connectivity index (χ0n) is 11.1. The van der Waals surface area contributed by atoms with E-state index in [-0.39, 0.29) is 24.3 Å². The summed E-state index contributed by atoms with van der Waals surface area (Å²) >= 11 is 0. The van der Waals surface area contributed by atoms with Gasteiger partial charge in [-0.3, -0.25) is 9.59 Å². The van der Waals surface area contributed by atoms with Gasteiger partial charge in [0.2, 0.25) is 5.91 Å². The number of rotatable bonds is 2. The van der Waals surface area contributed by atoms with Crippen molar-refractivity contribution < 1.29 is 14.3 Å². The molecule has 0 spiro atoms. The lowest BCUT2D eigenvalue weighted by molar-refractivity contribution is -0.120. The molecule has 1 fully saturated rings. The van der Waals surface area contributed by atoms with Crippen LogP contribution in [0, 0.1) is 5.92 Å². The van der Waals surface area contributed by atoms with Crippen molar-refractivity contribution in [2.24, 2.45) is 5.92 Å². The first kappa shape index (κ1) is 12.9. The first-order valence-corrected chi connectivity index (χ1v) is 6.80. The third-order valence-electron chi connectivity index (χ3n) is 3.59. The second-order valence-electron chi connectivity index (χ2n) is 5.06. The average Bonchev–Trinajstić information content (AvgIpc) is 2.47. The standard InChI is InChI=1S/C14H17N3O3/c18-13-8-20-12-2-1-10(7-11(12)17-13)16-14(19)9-3-5-15-6-4-9/h1-2,7,9,15H,3-6,8H2,(H,16,19)(H,17,18). The van der Waals surface area contributed by atoms with Gasteiger partial charge in [0.15, 0.2) is 6.61 Å². The van der Waals surface area contributed by atoms with Crippen molar-refractivity contribution in [1.82, 2.24) is 5.32 Å². The molecule has 1 aromatic rings. The van der Waals surface area contributed by atoms with Gasteiger partial charge in [0.05, 0.1) is 5.69 Å². The van der Waals surface area contributed by atoms with Crippen molar-refractivity contribution in [2.45, 2.75) is 12.8 Å². The second kappa shape index (κ2) is 5.50. The number of nitrogens with one attached hydrogen (secondary N) is 3. The Morgan fingerprint density at radius 2 is 2.10 bits per heavy atom. The van der Waals surface area contributed by atoms with Gasteiger partial charge in [-0.2, -0.15) is 0 Å². The minimum absolute atomic E-state index is 0.0355. The number of ether oxygens (including phenoxy) is 1. The maximum absolute atomic E-state index is 12.1. The van der Waals surface area contributed by atoms with E-state index < -0.39 is 0 Å². The zero-order valence-corrected chi connectivity index (χ0v) is 11.1. The normalized spacial score (nSPS) is 18.7. The van der Waals surface area contributed by atoms with Crippen LogP contribution in [-0.4, -0.2) is 31.5 Å². The quantitative estimate of drug-likeness (QED) is 0.751. The van der Waals surface area contributed by atoms with Crippen molar-refractivity contribution >= 4 is 23.2 Å². The largest absolute Gasteiger partial charge is 0.482 e. The molecule has 0 saturated carbocycles. The molecule has 106 valence electrons. The van der Waals surface area contributed by atoms with E-state index in [0.717, 1.165) is 25.9 Å². The van der Waals surface area contributed by atoms with Crippen LogP contribution in [0.3, 0.4) is 0 Å². The van der Waals surface area contributed by atoms with Crippen LogP contribution >= 0.6 is 0 Å². The van der Waals surface area contributed by atoms with Gasteiger partial charge >= 0.3 is 0 Å². The van der Waals surface area contributed by atoms with E-state index in [4.69, 9.17) is 4.74 Å². The number of fused-ring (bicyclic) bond motifs is 1. The van der Waals surface area contributed by atoms with Gasteiger partial charge in [0, 0.05) is 11.6 Å². The minimum atomic E-state index is -0.181. The molecule has 0 radical (unpaired) electrons. The lowest BCUT2D eigenvalue weighted by Gasteiger charge is -2.22. The number of carbonyl (C=O) groups excluding carboxylic acids is 2. The van der Waals surface area contributed by atoms with Gasteiger partial charge < -0.3 is 20.7 Å². The van der Waals surface area contributed by atoms with Gasteiger partial charge in [-0.25, -0.2) is 0 Å². The topological polar surface area (TPSA) is 79.5 Å². The van der Waals surface area contributed by atoms with Crippen molar-refractivity contribution in [3.63, 3.8) is 0 Å². The number of hydrogen-bond acceptors (Lipinski definition) is 4. The highest BCUT2D eigenvalue weighted by molar-refractivity contribution is 5.98. The van der Waals surface area contributed by atoms with Crippen LogP contribution in [0.4, 0.5) is 11.4 Å². The monoisotopic (exact) mass is 275 g/mol. The van der Waals surface area contributed by atoms with Gasteiger partial charge in [-0.15, -0.1) is 0 Å². The third kappa shape index (κ3) is 2.75. The highest BCUT2D eigenvalue weighted by atomic mass is 16.5. The summed E-state index contributed by atoms with van der Waals surface area (Å²) in [5, 5.41) is 8.87. The Kier molecular flexibility index (Phi) is 3.56. The number of anilines is 2. The first-order chi connectivity index (χ1) is 9.72. The molecule has 2 amide bonds. The fourth-order valence-corrected chi connectivity index (χ4v) is 2.49.